The lowest BCUT2D eigenvalue weighted by Gasteiger charge is -2.13. The summed E-state index contributed by atoms with van der Waals surface area (Å²) >= 11 is 3.34. The molecule has 0 atom stereocenters. The molecule has 2 aromatic rings. The van der Waals surface area contributed by atoms with E-state index in [2.05, 4.69) is 15.9 Å². The van der Waals surface area contributed by atoms with E-state index in [1.165, 1.54) is 18.2 Å². The van der Waals surface area contributed by atoms with E-state index in [9.17, 15) is 14.9 Å². The Morgan fingerprint density at radius 3 is 2.61 bits per heavy atom. The van der Waals surface area contributed by atoms with Gasteiger partial charge in [0.05, 0.1) is 10.5 Å². The van der Waals surface area contributed by atoms with Crippen LogP contribution in [-0.4, -0.2) is 25.0 Å². The summed E-state index contributed by atoms with van der Waals surface area (Å²) in [6.45, 7) is 0.0987. The highest BCUT2D eigenvalue weighted by atomic mass is 79.9. The standard InChI is InChI=1S/C16H15BrN2O4/c1-18(2)14-7-6-12(9-15(14)19(21)22)16(20)23-10-11-4-3-5-13(17)8-11/h3-9H,10H2,1-2H3. The van der Waals surface area contributed by atoms with Gasteiger partial charge in [-0.3, -0.25) is 10.1 Å². The molecule has 0 fully saturated rings. The first-order valence-corrected chi connectivity index (χ1v) is 7.55. The van der Waals surface area contributed by atoms with Gasteiger partial charge in [0, 0.05) is 24.6 Å². The molecule has 0 aliphatic carbocycles. The summed E-state index contributed by atoms with van der Waals surface area (Å²) in [6.07, 6.45) is 0. The van der Waals surface area contributed by atoms with Crippen LogP contribution in [0.5, 0.6) is 0 Å². The number of carbonyl (C=O) groups excluding carboxylic acids is 1. The summed E-state index contributed by atoms with van der Waals surface area (Å²) in [6, 6.07) is 11.7. The summed E-state index contributed by atoms with van der Waals surface area (Å²) in [5.41, 5.74) is 1.27. The molecule has 0 heterocycles. The Bertz CT molecular complexity index is 747. The summed E-state index contributed by atoms with van der Waals surface area (Å²) < 4.78 is 6.09. The number of ether oxygens (including phenoxy) is 1. The number of nitro groups is 1. The summed E-state index contributed by atoms with van der Waals surface area (Å²) in [4.78, 5) is 24.3. The molecule has 7 heteroatoms. The topological polar surface area (TPSA) is 72.7 Å². The van der Waals surface area contributed by atoms with Crippen molar-refractivity contribution in [2.75, 3.05) is 19.0 Å². The maximum atomic E-state index is 12.1. The number of nitro benzene ring substituents is 1. The Balaban J connectivity index is 2.16. The number of halogens is 1. The molecular weight excluding hydrogens is 364 g/mol. The van der Waals surface area contributed by atoms with Crippen LogP contribution in [0.25, 0.3) is 0 Å². The van der Waals surface area contributed by atoms with Crippen molar-refractivity contribution in [2.24, 2.45) is 0 Å². The molecule has 0 aliphatic heterocycles. The number of carbonyl (C=O) groups is 1. The average molecular weight is 379 g/mol. The third kappa shape index (κ3) is 4.29. The molecule has 0 saturated carbocycles. The number of anilines is 1. The summed E-state index contributed by atoms with van der Waals surface area (Å²) in [5, 5.41) is 11.1. The number of rotatable bonds is 5. The predicted molar refractivity (Wildman–Crippen MR) is 90.7 cm³/mol. The zero-order chi connectivity index (χ0) is 17.0. The van der Waals surface area contributed by atoms with Crippen LogP contribution in [0.2, 0.25) is 0 Å². The zero-order valence-corrected chi connectivity index (χ0v) is 14.2. The van der Waals surface area contributed by atoms with Crippen molar-refractivity contribution in [2.45, 2.75) is 6.61 Å². The van der Waals surface area contributed by atoms with Crippen LogP contribution >= 0.6 is 15.9 Å². The molecule has 2 rings (SSSR count). The average Bonchev–Trinajstić information content (AvgIpc) is 2.52. The van der Waals surface area contributed by atoms with Gasteiger partial charge in [0.15, 0.2) is 0 Å². The van der Waals surface area contributed by atoms with Gasteiger partial charge < -0.3 is 9.64 Å². The number of nitrogens with zero attached hydrogens (tertiary/aromatic N) is 2. The van der Waals surface area contributed by atoms with Gasteiger partial charge in [-0.2, -0.15) is 0 Å². The molecule has 0 aliphatic rings. The molecule has 0 saturated heterocycles. The Morgan fingerprint density at radius 2 is 2.00 bits per heavy atom. The Kier molecular flexibility index (Phi) is 5.33. The molecule has 120 valence electrons. The van der Waals surface area contributed by atoms with Crippen LogP contribution in [0.15, 0.2) is 46.9 Å². The molecule has 0 bridgehead atoms. The number of hydrogen-bond donors (Lipinski definition) is 0. The first kappa shape index (κ1) is 17.0. The molecule has 0 radical (unpaired) electrons. The molecule has 0 spiro atoms. The predicted octanol–water partition coefficient (Wildman–Crippen LogP) is 3.78. The van der Waals surface area contributed by atoms with Gasteiger partial charge in [0.1, 0.15) is 12.3 Å². The van der Waals surface area contributed by atoms with Gasteiger partial charge in [-0.15, -0.1) is 0 Å². The third-order valence-corrected chi connectivity index (χ3v) is 3.64. The van der Waals surface area contributed by atoms with Gasteiger partial charge >= 0.3 is 5.97 Å². The molecule has 6 nitrogen and oxygen atoms in total. The van der Waals surface area contributed by atoms with E-state index in [4.69, 9.17) is 4.74 Å². The van der Waals surface area contributed by atoms with Gasteiger partial charge in [-0.1, -0.05) is 28.1 Å². The lowest BCUT2D eigenvalue weighted by atomic mass is 10.1. The van der Waals surface area contributed by atoms with E-state index in [0.717, 1.165) is 10.0 Å². The molecule has 0 amide bonds. The molecule has 0 aromatic heterocycles. The first-order valence-electron chi connectivity index (χ1n) is 6.76. The fraction of sp³-hybridized carbons (Fsp3) is 0.188. The van der Waals surface area contributed by atoms with Crippen molar-refractivity contribution in [3.63, 3.8) is 0 Å². The number of esters is 1. The van der Waals surface area contributed by atoms with Gasteiger partial charge in [0.25, 0.3) is 5.69 Å². The van der Waals surface area contributed by atoms with Crippen molar-refractivity contribution < 1.29 is 14.5 Å². The van der Waals surface area contributed by atoms with Gasteiger partial charge in [-0.05, 0) is 29.8 Å². The van der Waals surface area contributed by atoms with Crippen LogP contribution < -0.4 is 4.90 Å². The lowest BCUT2D eigenvalue weighted by Crippen LogP contribution is -2.12. The Morgan fingerprint density at radius 1 is 1.26 bits per heavy atom. The highest BCUT2D eigenvalue weighted by Crippen LogP contribution is 2.28. The van der Waals surface area contributed by atoms with Gasteiger partial charge in [-0.25, -0.2) is 4.79 Å². The van der Waals surface area contributed by atoms with E-state index < -0.39 is 10.9 Å². The zero-order valence-electron chi connectivity index (χ0n) is 12.7. The monoisotopic (exact) mass is 378 g/mol. The fourth-order valence-electron chi connectivity index (χ4n) is 2.03. The first-order chi connectivity index (χ1) is 10.9. The largest absolute Gasteiger partial charge is 0.457 e. The van der Waals surface area contributed by atoms with E-state index >= 15 is 0 Å². The Labute approximate surface area is 142 Å². The minimum atomic E-state index is -0.599. The Hall–Kier alpha value is -2.41. The minimum Gasteiger partial charge on any atom is -0.457 e. The van der Waals surface area contributed by atoms with E-state index in [1.54, 1.807) is 19.0 Å². The van der Waals surface area contributed by atoms with Crippen molar-refractivity contribution in [3.8, 4) is 0 Å². The van der Waals surface area contributed by atoms with Gasteiger partial charge in [0.2, 0.25) is 0 Å². The van der Waals surface area contributed by atoms with E-state index in [0.29, 0.717) is 5.69 Å². The van der Waals surface area contributed by atoms with Crippen LogP contribution in [0.4, 0.5) is 11.4 Å². The highest BCUT2D eigenvalue weighted by molar-refractivity contribution is 9.10. The second kappa shape index (κ2) is 7.23. The van der Waals surface area contributed by atoms with Crippen molar-refractivity contribution >= 4 is 33.3 Å². The fourth-order valence-corrected chi connectivity index (χ4v) is 2.48. The molecular formula is C16H15BrN2O4. The van der Waals surface area contributed by atoms with Crippen LogP contribution in [0, 0.1) is 10.1 Å². The quantitative estimate of drug-likeness (QED) is 0.449. The third-order valence-electron chi connectivity index (χ3n) is 3.15. The lowest BCUT2D eigenvalue weighted by molar-refractivity contribution is -0.384. The van der Waals surface area contributed by atoms with Crippen LogP contribution in [0.1, 0.15) is 15.9 Å². The maximum absolute atomic E-state index is 12.1. The second-order valence-electron chi connectivity index (χ2n) is 5.06. The highest BCUT2D eigenvalue weighted by Gasteiger charge is 2.19. The SMILES string of the molecule is CN(C)c1ccc(C(=O)OCc2cccc(Br)c2)cc1[N+](=O)[O-]. The van der Waals surface area contributed by atoms with Crippen LogP contribution in [-0.2, 0) is 11.3 Å². The number of hydrogen-bond acceptors (Lipinski definition) is 5. The van der Waals surface area contributed by atoms with Crippen LogP contribution in [0.3, 0.4) is 0 Å². The van der Waals surface area contributed by atoms with E-state index in [1.807, 2.05) is 24.3 Å². The smallest absolute Gasteiger partial charge is 0.338 e. The second-order valence-corrected chi connectivity index (χ2v) is 5.98. The molecule has 0 N–H and O–H groups in total. The van der Waals surface area contributed by atoms with Crippen molar-refractivity contribution in [3.05, 3.63) is 68.2 Å². The molecule has 23 heavy (non-hydrogen) atoms. The normalized spacial score (nSPS) is 10.2. The minimum absolute atomic E-state index is 0.0987. The number of benzene rings is 2. The summed E-state index contributed by atoms with van der Waals surface area (Å²) in [5.74, 6) is -0.599. The summed E-state index contributed by atoms with van der Waals surface area (Å²) in [7, 11) is 3.40. The molecule has 0 unspecified atom stereocenters. The maximum Gasteiger partial charge on any atom is 0.338 e. The molecule has 2 aromatic carbocycles. The van der Waals surface area contributed by atoms with E-state index in [-0.39, 0.29) is 17.9 Å². The van der Waals surface area contributed by atoms with Crippen molar-refractivity contribution in [1.82, 2.24) is 0 Å². The van der Waals surface area contributed by atoms with Crippen molar-refractivity contribution in [1.29, 1.82) is 0 Å².